The molecule has 168 valence electrons. The molecule has 1 heterocycles. The number of carbonyl (C=O) groups excluding carboxylic acids is 1. The van der Waals surface area contributed by atoms with E-state index in [4.69, 9.17) is 18.9 Å². The summed E-state index contributed by atoms with van der Waals surface area (Å²) < 4.78 is 23.5. The summed E-state index contributed by atoms with van der Waals surface area (Å²) in [7, 11) is 6.21. The van der Waals surface area contributed by atoms with Crippen LogP contribution in [0.5, 0.6) is 23.0 Å². The molecular weight excluding hydrogens is 418 g/mol. The van der Waals surface area contributed by atoms with E-state index in [1.54, 1.807) is 19.2 Å². The van der Waals surface area contributed by atoms with Crippen LogP contribution in [-0.4, -0.2) is 38.8 Å². The SMILES string of the molecule is COc1ccc(-c2cn(-c3ccccc3)cc2C(=O)c2cc(OC)c(OC)c(OC)c2)cc1. The van der Waals surface area contributed by atoms with Gasteiger partial charge in [-0.25, -0.2) is 0 Å². The molecule has 0 aliphatic carbocycles. The highest BCUT2D eigenvalue weighted by atomic mass is 16.5. The molecule has 4 rings (SSSR count). The van der Waals surface area contributed by atoms with Gasteiger partial charge in [-0.1, -0.05) is 30.3 Å². The number of rotatable bonds is 8. The average Bonchev–Trinajstić information content (AvgIpc) is 3.33. The van der Waals surface area contributed by atoms with Gasteiger partial charge in [-0.3, -0.25) is 4.79 Å². The highest BCUT2D eigenvalue weighted by Crippen LogP contribution is 2.39. The van der Waals surface area contributed by atoms with Gasteiger partial charge in [0, 0.05) is 34.8 Å². The molecule has 0 saturated carbocycles. The van der Waals surface area contributed by atoms with Crippen molar-refractivity contribution in [3.05, 3.63) is 90.3 Å². The van der Waals surface area contributed by atoms with Crippen LogP contribution in [0.1, 0.15) is 15.9 Å². The number of carbonyl (C=O) groups is 1. The molecule has 0 unspecified atom stereocenters. The lowest BCUT2D eigenvalue weighted by molar-refractivity contribution is 0.103. The minimum atomic E-state index is -0.158. The summed E-state index contributed by atoms with van der Waals surface area (Å²) in [6, 6.07) is 20.8. The zero-order chi connectivity index (χ0) is 23.4. The highest BCUT2D eigenvalue weighted by Gasteiger charge is 2.22. The maximum absolute atomic E-state index is 13.8. The number of ketones is 1. The molecule has 0 fully saturated rings. The number of para-hydroxylation sites is 1. The first kappa shape index (κ1) is 22.0. The van der Waals surface area contributed by atoms with Gasteiger partial charge in [-0.2, -0.15) is 0 Å². The summed E-state index contributed by atoms with van der Waals surface area (Å²) in [4.78, 5) is 13.8. The third-order valence-electron chi connectivity index (χ3n) is 5.45. The second-order valence-electron chi connectivity index (χ2n) is 7.30. The number of methoxy groups -OCH3 is 4. The van der Waals surface area contributed by atoms with Crippen LogP contribution in [0.2, 0.25) is 0 Å². The molecule has 33 heavy (non-hydrogen) atoms. The van der Waals surface area contributed by atoms with Crippen LogP contribution >= 0.6 is 0 Å². The quantitative estimate of drug-likeness (QED) is 0.341. The topological polar surface area (TPSA) is 58.9 Å². The van der Waals surface area contributed by atoms with E-state index in [2.05, 4.69) is 0 Å². The lowest BCUT2D eigenvalue weighted by Crippen LogP contribution is -2.04. The van der Waals surface area contributed by atoms with Gasteiger partial charge in [-0.05, 0) is 42.0 Å². The van der Waals surface area contributed by atoms with E-state index in [-0.39, 0.29) is 5.78 Å². The standard InChI is InChI=1S/C27H25NO5/c1-30-21-12-10-18(11-13-21)22-16-28(20-8-6-5-7-9-20)17-23(22)26(29)19-14-24(31-2)27(33-4)25(15-19)32-3/h5-17H,1-4H3. The van der Waals surface area contributed by atoms with Gasteiger partial charge in [0.15, 0.2) is 17.3 Å². The average molecular weight is 443 g/mol. The van der Waals surface area contributed by atoms with Gasteiger partial charge in [0.05, 0.1) is 28.4 Å². The van der Waals surface area contributed by atoms with Gasteiger partial charge in [-0.15, -0.1) is 0 Å². The van der Waals surface area contributed by atoms with Crippen LogP contribution < -0.4 is 18.9 Å². The molecule has 6 heteroatoms. The third kappa shape index (κ3) is 4.28. The smallest absolute Gasteiger partial charge is 0.203 e. The van der Waals surface area contributed by atoms with Crippen molar-refractivity contribution in [1.82, 2.24) is 4.57 Å². The Morgan fingerprint density at radius 3 is 1.91 bits per heavy atom. The summed E-state index contributed by atoms with van der Waals surface area (Å²) in [5, 5.41) is 0. The molecular formula is C27H25NO5. The first-order valence-corrected chi connectivity index (χ1v) is 10.4. The molecule has 0 bridgehead atoms. The monoisotopic (exact) mass is 443 g/mol. The predicted molar refractivity (Wildman–Crippen MR) is 127 cm³/mol. The van der Waals surface area contributed by atoms with E-state index in [0.29, 0.717) is 28.4 Å². The van der Waals surface area contributed by atoms with E-state index < -0.39 is 0 Å². The second kappa shape index (κ2) is 9.53. The molecule has 0 amide bonds. The number of benzene rings is 3. The van der Waals surface area contributed by atoms with Gasteiger partial charge >= 0.3 is 0 Å². The summed E-state index contributed by atoms with van der Waals surface area (Å²) in [5.74, 6) is 1.88. The lowest BCUT2D eigenvalue weighted by Gasteiger charge is -2.14. The van der Waals surface area contributed by atoms with E-state index in [9.17, 15) is 4.79 Å². The van der Waals surface area contributed by atoms with Crippen molar-refractivity contribution in [2.24, 2.45) is 0 Å². The zero-order valence-electron chi connectivity index (χ0n) is 19.0. The number of aromatic nitrogens is 1. The largest absolute Gasteiger partial charge is 0.497 e. The van der Waals surface area contributed by atoms with E-state index >= 15 is 0 Å². The van der Waals surface area contributed by atoms with Crippen LogP contribution in [0.4, 0.5) is 0 Å². The van der Waals surface area contributed by atoms with Gasteiger partial charge < -0.3 is 23.5 Å². The van der Waals surface area contributed by atoms with Crippen LogP contribution in [0.15, 0.2) is 79.1 Å². The maximum atomic E-state index is 13.8. The number of nitrogens with zero attached hydrogens (tertiary/aromatic N) is 1. The Bertz CT molecular complexity index is 1230. The fourth-order valence-electron chi connectivity index (χ4n) is 3.75. The minimum absolute atomic E-state index is 0.158. The van der Waals surface area contributed by atoms with E-state index in [1.807, 2.05) is 71.6 Å². The lowest BCUT2D eigenvalue weighted by atomic mass is 9.97. The molecule has 3 aromatic carbocycles. The van der Waals surface area contributed by atoms with Crippen LogP contribution in [0, 0.1) is 0 Å². The molecule has 0 radical (unpaired) electrons. The molecule has 0 aliphatic heterocycles. The normalized spacial score (nSPS) is 10.5. The summed E-state index contributed by atoms with van der Waals surface area (Å²) in [6.07, 6.45) is 3.81. The zero-order valence-corrected chi connectivity index (χ0v) is 19.0. The Morgan fingerprint density at radius 2 is 1.36 bits per heavy atom. The van der Waals surface area contributed by atoms with Crippen molar-refractivity contribution >= 4 is 5.78 Å². The summed E-state index contributed by atoms with van der Waals surface area (Å²) in [5.41, 5.74) is 3.65. The van der Waals surface area contributed by atoms with Crippen molar-refractivity contribution in [2.45, 2.75) is 0 Å². The van der Waals surface area contributed by atoms with Crippen molar-refractivity contribution in [1.29, 1.82) is 0 Å². The van der Waals surface area contributed by atoms with Crippen molar-refractivity contribution in [3.8, 4) is 39.8 Å². The number of hydrogen-bond acceptors (Lipinski definition) is 5. The Morgan fingerprint density at radius 1 is 0.727 bits per heavy atom. The minimum Gasteiger partial charge on any atom is -0.497 e. The Balaban J connectivity index is 1.87. The molecule has 0 saturated heterocycles. The van der Waals surface area contributed by atoms with Gasteiger partial charge in [0.25, 0.3) is 0 Å². The molecule has 0 aliphatic rings. The van der Waals surface area contributed by atoms with Crippen LogP contribution in [0.3, 0.4) is 0 Å². The highest BCUT2D eigenvalue weighted by molar-refractivity contribution is 6.13. The summed E-state index contributed by atoms with van der Waals surface area (Å²) >= 11 is 0. The molecule has 4 aromatic rings. The Hall–Kier alpha value is -4.19. The number of ether oxygens (including phenoxy) is 4. The third-order valence-corrected chi connectivity index (χ3v) is 5.45. The van der Waals surface area contributed by atoms with Crippen molar-refractivity contribution in [2.75, 3.05) is 28.4 Å². The Labute approximate surface area is 192 Å². The van der Waals surface area contributed by atoms with Crippen molar-refractivity contribution in [3.63, 3.8) is 0 Å². The van der Waals surface area contributed by atoms with Crippen LogP contribution in [-0.2, 0) is 0 Å². The van der Waals surface area contributed by atoms with E-state index in [1.165, 1.54) is 21.3 Å². The number of hydrogen-bond donors (Lipinski definition) is 0. The summed E-state index contributed by atoms with van der Waals surface area (Å²) in [6.45, 7) is 0. The first-order chi connectivity index (χ1) is 16.1. The Kier molecular flexibility index (Phi) is 6.36. The van der Waals surface area contributed by atoms with Crippen molar-refractivity contribution < 1.29 is 23.7 Å². The molecule has 6 nitrogen and oxygen atoms in total. The molecule has 1 aromatic heterocycles. The predicted octanol–water partition coefficient (Wildman–Crippen LogP) is 5.41. The fourth-order valence-corrected chi connectivity index (χ4v) is 3.75. The van der Waals surface area contributed by atoms with Crippen LogP contribution in [0.25, 0.3) is 16.8 Å². The molecule has 0 N–H and O–H groups in total. The van der Waals surface area contributed by atoms with Gasteiger partial charge in [0.2, 0.25) is 5.75 Å². The van der Waals surface area contributed by atoms with E-state index in [0.717, 1.165) is 22.6 Å². The first-order valence-electron chi connectivity index (χ1n) is 10.4. The fraction of sp³-hybridized carbons (Fsp3) is 0.148. The molecule has 0 atom stereocenters. The second-order valence-corrected chi connectivity index (χ2v) is 7.30. The maximum Gasteiger partial charge on any atom is 0.203 e. The van der Waals surface area contributed by atoms with Gasteiger partial charge in [0.1, 0.15) is 5.75 Å². The molecule has 0 spiro atoms.